The van der Waals surface area contributed by atoms with Crippen LogP contribution in [0.3, 0.4) is 0 Å². The van der Waals surface area contributed by atoms with Gasteiger partial charge in [-0.05, 0) is 38.0 Å². The summed E-state index contributed by atoms with van der Waals surface area (Å²) in [6, 6.07) is 5.30. The minimum atomic E-state index is -1.07. The summed E-state index contributed by atoms with van der Waals surface area (Å²) in [6.45, 7) is 2.10. The van der Waals surface area contributed by atoms with Crippen molar-refractivity contribution in [2.24, 2.45) is 0 Å². The lowest BCUT2D eigenvalue weighted by atomic mass is 9.85. The van der Waals surface area contributed by atoms with Crippen LogP contribution >= 0.6 is 11.6 Å². The minimum absolute atomic E-state index is 0.293. The normalized spacial score (nSPS) is 21.8. The van der Waals surface area contributed by atoms with Crippen LogP contribution in [-0.4, -0.2) is 17.6 Å². The maximum absolute atomic E-state index is 14.3. The highest BCUT2D eigenvalue weighted by atomic mass is 35.5. The molecule has 2 unspecified atom stereocenters. The first-order chi connectivity index (χ1) is 9.61. The SMILES string of the molecule is CCOC(=O)C1CCC(F)c2c1[nH]c1ccc(Cl)cc21. The molecule has 1 N–H and O–H groups in total. The fourth-order valence-corrected chi connectivity index (χ4v) is 3.07. The molecule has 106 valence electrons. The fourth-order valence-electron chi connectivity index (χ4n) is 2.90. The number of halogens is 2. The molecule has 0 amide bonds. The van der Waals surface area contributed by atoms with Crippen LogP contribution in [0.5, 0.6) is 0 Å². The lowest BCUT2D eigenvalue weighted by Crippen LogP contribution is -2.21. The predicted molar refractivity (Wildman–Crippen MR) is 75.8 cm³/mol. The smallest absolute Gasteiger partial charge is 0.314 e. The molecular formula is C15H15ClFNO2. The topological polar surface area (TPSA) is 42.1 Å². The Morgan fingerprint density at radius 3 is 3.05 bits per heavy atom. The zero-order chi connectivity index (χ0) is 14.3. The van der Waals surface area contributed by atoms with E-state index in [-0.39, 0.29) is 5.97 Å². The summed E-state index contributed by atoms with van der Waals surface area (Å²) in [5.41, 5.74) is 2.00. The van der Waals surface area contributed by atoms with Crippen LogP contribution in [0, 0.1) is 0 Å². The van der Waals surface area contributed by atoms with Gasteiger partial charge in [0.2, 0.25) is 0 Å². The number of H-pyrrole nitrogens is 1. The number of hydrogen-bond donors (Lipinski definition) is 1. The lowest BCUT2D eigenvalue weighted by Gasteiger charge is -2.23. The number of alkyl halides is 1. The summed E-state index contributed by atoms with van der Waals surface area (Å²) in [5, 5.41) is 1.32. The summed E-state index contributed by atoms with van der Waals surface area (Å²) >= 11 is 5.99. The van der Waals surface area contributed by atoms with Gasteiger partial charge in [0, 0.05) is 27.2 Å². The highest BCUT2D eigenvalue weighted by Crippen LogP contribution is 2.44. The summed E-state index contributed by atoms with van der Waals surface area (Å²) in [7, 11) is 0. The molecular weight excluding hydrogens is 281 g/mol. The van der Waals surface area contributed by atoms with Gasteiger partial charge in [-0.2, -0.15) is 0 Å². The molecule has 0 radical (unpaired) electrons. The molecule has 0 saturated carbocycles. The Morgan fingerprint density at radius 1 is 1.50 bits per heavy atom. The van der Waals surface area contributed by atoms with Gasteiger partial charge in [-0.15, -0.1) is 0 Å². The molecule has 20 heavy (non-hydrogen) atoms. The number of carbonyl (C=O) groups excluding carboxylic acids is 1. The first-order valence-electron chi connectivity index (χ1n) is 6.73. The molecule has 0 spiro atoms. The number of benzene rings is 1. The van der Waals surface area contributed by atoms with Crippen molar-refractivity contribution in [1.29, 1.82) is 0 Å². The van der Waals surface area contributed by atoms with Crippen LogP contribution < -0.4 is 0 Å². The van der Waals surface area contributed by atoms with Crippen molar-refractivity contribution in [3.8, 4) is 0 Å². The van der Waals surface area contributed by atoms with E-state index in [4.69, 9.17) is 16.3 Å². The zero-order valence-electron chi connectivity index (χ0n) is 11.1. The summed E-state index contributed by atoms with van der Waals surface area (Å²) in [6.07, 6.45) is -0.272. The van der Waals surface area contributed by atoms with E-state index in [1.54, 1.807) is 19.1 Å². The standard InChI is InChI=1S/C15H15ClFNO2/c1-2-20-15(19)9-4-5-11(17)13-10-7-8(16)3-6-12(10)18-14(9)13/h3,6-7,9,11,18H,2,4-5H2,1H3. The van der Waals surface area contributed by atoms with E-state index >= 15 is 0 Å². The maximum Gasteiger partial charge on any atom is 0.314 e. The first kappa shape index (κ1) is 13.4. The molecule has 2 aromatic rings. The Hall–Kier alpha value is -1.55. The third-order valence-corrected chi connectivity index (χ3v) is 4.01. The van der Waals surface area contributed by atoms with Gasteiger partial charge in [0.1, 0.15) is 6.17 Å². The monoisotopic (exact) mass is 295 g/mol. The average Bonchev–Trinajstić information content (AvgIpc) is 2.78. The molecule has 1 aliphatic carbocycles. The van der Waals surface area contributed by atoms with Gasteiger partial charge < -0.3 is 9.72 Å². The Balaban J connectivity index is 2.14. The molecule has 1 aliphatic rings. The average molecular weight is 296 g/mol. The van der Waals surface area contributed by atoms with Crippen LogP contribution in [0.15, 0.2) is 18.2 Å². The van der Waals surface area contributed by atoms with E-state index < -0.39 is 12.1 Å². The maximum atomic E-state index is 14.3. The number of rotatable bonds is 2. The number of nitrogens with one attached hydrogen (secondary N) is 1. The number of ether oxygens (including phenoxy) is 1. The third kappa shape index (κ3) is 2.08. The number of aromatic amines is 1. The Bertz CT molecular complexity index is 667. The molecule has 1 aromatic heterocycles. The van der Waals surface area contributed by atoms with Crippen LogP contribution in [0.4, 0.5) is 4.39 Å². The van der Waals surface area contributed by atoms with E-state index in [2.05, 4.69) is 4.98 Å². The third-order valence-electron chi connectivity index (χ3n) is 3.77. The van der Waals surface area contributed by atoms with Crippen molar-refractivity contribution in [2.75, 3.05) is 6.61 Å². The largest absolute Gasteiger partial charge is 0.465 e. The van der Waals surface area contributed by atoms with Gasteiger partial charge in [0.05, 0.1) is 12.5 Å². The van der Waals surface area contributed by atoms with Gasteiger partial charge in [-0.1, -0.05) is 11.6 Å². The molecule has 1 heterocycles. The van der Waals surface area contributed by atoms with Crippen molar-refractivity contribution in [2.45, 2.75) is 31.9 Å². The van der Waals surface area contributed by atoms with Crippen molar-refractivity contribution in [3.63, 3.8) is 0 Å². The number of aromatic nitrogens is 1. The Labute approximate surface area is 121 Å². The molecule has 1 aromatic carbocycles. The van der Waals surface area contributed by atoms with Crippen molar-refractivity contribution in [1.82, 2.24) is 4.98 Å². The number of carbonyl (C=O) groups is 1. The number of esters is 1. The van der Waals surface area contributed by atoms with Crippen molar-refractivity contribution < 1.29 is 13.9 Å². The van der Waals surface area contributed by atoms with E-state index in [1.165, 1.54) is 0 Å². The lowest BCUT2D eigenvalue weighted by molar-refractivity contribution is -0.145. The van der Waals surface area contributed by atoms with Crippen LogP contribution in [0.2, 0.25) is 5.02 Å². The number of fused-ring (bicyclic) bond motifs is 3. The predicted octanol–water partition coefficient (Wildman–Crippen LogP) is 4.27. The molecule has 0 fully saturated rings. The Kier molecular flexibility index (Phi) is 3.42. The highest BCUT2D eigenvalue weighted by molar-refractivity contribution is 6.31. The van der Waals surface area contributed by atoms with Crippen molar-refractivity contribution >= 4 is 28.5 Å². The van der Waals surface area contributed by atoms with Gasteiger partial charge in [0.25, 0.3) is 0 Å². The van der Waals surface area contributed by atoms with Crippen molar-refractivity contribution in [3.05, 3.63) is 34.5 Å². The van der Waals surface area contributed by atoms with Gasteiger partial charge in [-0.25, -0.2) is 4.39 Å². The summed E-state index contributed by atoms with van der Waals surface area (Å²) in [4.78, 5) is 15.2. The highest BCUT2D eigenvalue weighted by Gasteiger charge is 2.35. The molecule has 2 atom stereocenters. The molecule has 3 rings (SSSR count). The van der Waals surface area contributed by atoms with E-state index in [1.807, 2.05) is 6.07 Å². The zero-order valence-corrected chi connectivity index (χ0v) is 11.8. The first-order valence-corrected chi connectivity index (χ1v) is 7.11. The molecule has 3 nitrogen and oxygen atoms in total. The van der Waals surface area contributed by atoms with E-state index in [9.17, 15) is 9.18 Å². The molecule has 0 saturated heterocycles. The van der Waals surface area contributed by atoms with Gasteiger partial charge >= 0.3 is 5.97 Å². The molecule has 5 heteroatoms. The summed E-state index contributed by atoms with van der Waals surface area (Å²) < 4.78 is 19.4. The fraction of sp³-hybridized carbons (Fsp3) is 0.400. The second-order valence-corrected chi connectivity index (χ2v) is 5.43. The minimum Gasteiger partial charge on any atom is -0.465 e. The molecule has 0 aliphatic heterocycles. The van der Waals surface area contributed by atoms with E-state index in [0.29, 0.717) is 35.7 Å². The molecule has 0 bridgehead atoms. The summed E-state index contributed by atoms with van der Waals surface area (Å²) in [5.74, 6) is -0.707. The van der Waals surface area contributed by atoms with Crippen LogP contribution in [0.25, 0.3) is 10.9 Å². The Morgan fingerprint density at radius 2 is 2.30 bits per heavy atom. The number of hydrogen-bond acceptors (Lipinski definition) is 2. The van der Waals surface area contributed by atoms with E-state index in [0.717, 1.165) is 10.9 Å². The second-order valence-electron chi connectivity index (χ2n) is 4.99. The van der Waals surface area contributed by atoms with Crippen LogP contribution in [0.1, 0.15) is 43.1 Å². The van der Waals surface area contributed by atoms with Gasteiger partial charge in [-0.3, -0.25) is 4.79 Å². The quantitative estimate of drug-likeness (QED) is 0.841. The van der Waals surface area contributed by atoms with Gasteiger partial charge in [0.15, 0.2) is 0 Å². The van der Waals surface area contributed by atoms with Crippen LogP contribution in [-0.2, 0) is 9.53 Å². The second kappa shape index (κ2) is 5.09.